The molecule has 1 unspecified atom stereocenters. The Hall–Kier alpha value is -4.41. The summed E-state index contributed by atoms with van der Waals surface area (Å²) in [5, 5.41) is 23.7. The number of nitrogens with one attached hydrogen (secondary N) is 3. The zero-order chi connectivity index (χ0) is 30.3. The summed E-state index contributed by atoms with van der Waals surface area (Å²) in [4.78, 5) is 29.8. The molecule has 17 heteroatoms. The van der Waals surface area contributed by atoms with E-state index in [9.17, 15) is 27.8 Å². The molecular formula is C25H20Cl2N8O6S. The SMILES string of the molecule is CC1=NN(c2c(C)cccc2Cl)C(=O)C1NNc1cc(NC(=O)c2ccc3nc(Cl)n[n+]([O-])c3c2)ccc1S(=O)(=O)O. The summed E-state index contributed by atoms with van der Waals surface area (Å²) in [7, 11) is -4.72. The van der Waals surface area contributed by atoms with Crippen LogP contribution in [0.2, 0.25) is 10.3 Å². The topological polar surface area (TPSA) is 193 Å². The summed E-state index contributed by atoms with van der Waals surface area (Å²) in [6.45, 7) is 3.37. The van der Waals surface area contributed by atoms with E-state index in [0.29, 0.717) is 22.0 Å². The lowest BCUT2D eigenvalue weighted by atomic mass is 10.1. The number of para-hydroxylation sites is 1. The Labute approximate surface area is 248 Å². The number of hydrogen-bond acceptors (Lipinski definition) is 10. The summed E-state index contributed by atoms with van der Waals surface area (Å²) in [5.41, 5.74) is 7.07. The summed E-state index contributed by atoms with van der Waals surface area (Å²) < 4.78 is 33.9. The fourth-order valence-corrected chi connectivity index (χ4v) is 5.32. The molecule has 5 rings (SSSR count). The number of hydrazone groups is 1. The summed E-state index contributed by atoms with van der Waals surface area (Å²) in [6.07, 6.45) is 0. The molecule has 0 saturated heterocycles. The Kier molecular flexibility index (Phi) is 7.70. The first-order valence-electron chi connectivity index (χ1n) is 12.0. The molecule has 1 aromatic heterocycles. The van der Waals surface area contributed by atoms with E-state index in [0.717, 1.165) is 11.1 Å². The number of carbonyl (C=O) groups is 2. The Bertz CT molecular complexity index is 1900. The van der Waals surface area contributed by atoms with Crippen molar-refractivity contribution in [1.82, 2.24) is 15.5 Å². The molecule has 4 N–H and O–H groups in total. The van der Waals surface area contributed by atoms with E-state index in [2.05, 4.69) is 31.4 Å². The molecule has 42 heavy (non-hydrogen) atoms. The zero-order valence-corrected chi connectivity index (χ0v) is 24.0. The highest BCUT2D eigenvalue weighted by Crippen LogP contribution is 2.32. The summed E-state index contributed by atoms with van der Waals surface area (Å²) >= 11 is 12.0. The Morgan fingerprint density at radius 3 is 2.60 bits per heavy atom. The molecule has 2 amide bonds. The van der Waals surface area contributed by atoms with Crippen molar-refractivity contribution < 1.29 is 27.4 Å². The molecular weight excluding hydrogens is 611 g/mol. The number of halogens is 2. The van der Waals surface area contributed by atoms with Gasteiger partial charge in [0, 0.05) is 22.4 Å². The van der Waals surface area contributed by atoms with Gasteiger partial charge in [0.1, 0.15) is 16.5 Å². The smallest absolute Gasteiger partial charge is 0.296 e. The van der Waals surface area contributed by atoms with Crippen LogP contribution in [0.3, 0.4) is 0 Å². The van der Waals surface area contributed by atoms with Gasteiger partial charge in [0.05, 0.1) is 22.1 Å². The number of amides is 2. The number of carbonyl (C=O) groups excluding carboxylic acids is 2. The maximum atomic E-state index is 13.2. The first-order valence-corrected chi connectivity index (χ1v) is 14.2. The zero-order valence-electron chi connectivity index (χ0n) is 21.7. The molecule has 0 fully saturated rings. The van der Waals surface area contributed by atoms with Gasteiger partial charge in [-0.05, 0) is 72.3 Å². The molecule has 14 nitrogen and oxygen atoms in total. The average molecular weight is 631 g/mol. The van der Waals surface area contributed by atoms with Crippen molar-refractivity contribution in [3.8, 4) is 0 Å². The third-order valence-corrected chi connectivity index (χ3v) is 7.60. The van der Waals surface area contributed by atoms with Crippen LogP contribution in [0.4, 0.5) is 17.1 Å². The Morgan fingerprint density at radius 1 is 1.12 bits per heavy atom. The van der Waals surface area contributed by atoms with Crippen molar-refractivity contribution in [2.24, 2.45) is 5.10 Å². The predicted molar refractivity (Wildman–Crippen MR) is 155 cm³/mol. The number of hydrogen-bond donors (Lipinski definition) is 4. The van der Waals surface area contributed by atoms with Crippen molar-refractivity contribution in [2.45, 2.75) is 24.8 Å². The summed E-state index contributed by atoms with van der Waals surface area (Å²) in [6, 6.07) is 11.7. The quantitative estimate of drug-likeness (QED) is 0.102. The van der Waals surface area contributed by atoms with Gasteiger partial charge in [-0.2, -0.15) is 18.5 Å². The van der Waals surface area contributed by atoms with Crippen molar-refractivity contribution in [3.05, 3.63) is 81.2 Å². The number of rotatable bonds is 7. The minimum absolute atomic E-state index is 0.000352. The van der Waals surface area contributed by atoms with Gasteiger partial charge in [-0.1, -0.05) is 23.7 Å². The first-order chi connectivity index (χ1) is 19.8. The second-order valence-electron chi connectivity index (χ2n) is 9.10. The van der Waals surface area contributed by atoms with E-state index < -0.39 is 32.9 Å². The van der Waals surface area contributed by atoms with Crippen LogP contribution < -0.4 is 26.0 Å². The molecule has 0 spiro atoms. The van der Waals surface area contributed by atoms with E-state index in [1.807, 2.05) is 0 Å². The standard InChI is InChI=1S/C25H20Cl2N8O6S/c1-12-4-3-5-16(26)22(12)34-24(37)21(13(2)32-34)31-30-18-11-15(7-9-20(18)42(39,40)41)28-23(36)14-6-8-17-19(10-14)35(38)33-25(27)29-17/h3-11,21,30-31H,1-2H3,(H,28,36)(H,39,40,41). The van der Waals surface area contributed by atoms with Gasteiger partial charge < -0.3 is 15.9 Å². The molecule has 0 radical (unpaired) electrons. The number of benzene rings is 3. The fraction of sp³-hybridized carbons (Fsp3) is 0.120. The van der Waals surface area contributed by atoms with E-state index in [-0.39, 0.29) is 38.1 Å². The van der Waals surface area contributed by atoms with E-state index in [1.165, 1.54) is 30.3 Å². The van der Waals surface area contributed by atoms with Crippen LogP contribution in [0.25, 0.3) is 11.0 Å². The highest BCUT2D eigenvalue weighted by molar-refractivity contribution is 7.86. The molecule has 4 aromatic rings. The maximum absolute atomic E-state index is 13.2. The highest BCUT2D eigenvalue weighted by atomic mass is 35.5. The Balaban J connectivity index is 1.38. The highest BCUT2D eigenvalue weighted by Gasteiger charge is 2.36. The van der Waals surface area contributed by atoms with Gasteiger partial charge in [0.2, 0.25) is 0 Å². The third kappa shape index (κ3) is 5.68. The minimum Gasteiger partial charge on any atom is -0.594 e. The van der Waals surface area contributed by atoms with Crippen LogP contribution in [-0.4, -0.2) is 46.6 Å². The average Bonchev–Trinajstić information content (AvgIpc) is 3.18. The molecule has 0 aliphatic carbocycles. The van der Waals surface area contributed by atoms with E-state index in [4.69, 9.17) is 23.2 Å². The van der Waals surface area contributed by atoms with E-state index >= 15 is 0 Å². The molecule has 2 heterocycles. The van der Waals surface area contributed by atoms with Crippen molar-refractivity contribution in [1.29, 1.82) is 0 Å². The van der Waals surface area contributed by atoms with Gasteiger partial charge >= 0.3 is 0 Å². The van der Waals surface area contributed by atoms with Gasteiger partial charge in [0.15, 0.2) is 0 Å². The van der Waals surface area contributed by atoms with Gasteiger partial charge in [-0.3, -0.25) is 14.1 Å². The molecule has 3 aromatic carbocycles. The lowest BCUT2D eigenvalue weighted by molar-refractivity contribution is -0.642. The lowest BCUT2D eigenvalue weighted by Crippen LogP contribution is -2.46. The van der Waals surface area contributed by atoms with Crippen LogP contribution in [0, 0.1) is 12.1 Å². The van der Waals surface area contributed by atoms with Crippen molar-refractivity contribution >= 4 is 78.9 Å². The van der Waals surface area contributed by atoms with Crippen LogP contribution in [0.5, 0.6) is 0 Å². The molecule has 0 bridgehead atoms. The third-order valence-electron chi connectivity index (χ3n) is 6.23. The fourth-order valence-electron chi connectivity index (χ4n) is 4.23. The van der Waals surface area contributed by atoms with Crippen LogP contribution in [-0.2, 0) is 14.9 Å². The molecule has 216 valence electrons. The van der Waals surface area contributed by atoms with Crippen LogP contribution in [0.15, 0.2) is 64.6 Å². The number of fused-ring (bicyclic) bond motifs is 1. The largest absolute Gasteiger partial charge is 0.594 e. The summed E-state index contributed by atoms with van der Waals surface area (Å²) in [5.74, 6) is -1.14. The van der Waals surface area contributed by atoms with Gasteiger partial charge in [-0.15, -0.1) is 0 Å². The second kappa shape index (κ2) is 11.1. The molecule has 1 aliphatic heterocycles. The number of hydrazine groups is 1. The molecule has 1 atom stereocenters. The van der Waals surface area contributed by atoms with Crippen molar-refractivity contribution in [3.63, 3.8) is 0 Å². The second-order valence-corrected chi connectivity index (χ2v) is 11.2. The number of aryl methyl sites for hydroxylation is 1. The van der Waals surface area contributed by atoms with Crippen molar-refractivity contribution in [2.75, 3.05) is 15.8 Å². The minimum atomic E-state index is -4.72. The van der Waals surface area contributed by atoms with Crippen LogP contribution in [0.1, 0.15) is 22.8 Å². The first kappa shape index (κ1) is 29.1. The Morgan fingerprint density at radius 2 is 1.88 bits per heavy atom. The number of aromatic nitrogens is 3. The molecule has 1 aliphatic rings. The number of nitrogens with zero attached hydrogens (tertiary/aromatic N) is 5. The predicted octanol–water partition coefficient (Wildman–Crippen LogP) is 3.09. The van der Waals surface area contributed by atoms with E-state index in [1.54, 1.807) is 32.0 Å². The number of anilines is 3. The van der Waals surface area contributed by atoms with Gasteiger partial charge in [0.25, 0.3) is 32.7 Å². The maximum Gasteiger partial charge on any atom is 0.296 e. The lowest BCUT2D eigenvalue weighted by Gasteiger charge is -2.19. The van der Waals surface area contributed by atoms with Crippen LogP contribution >= 0.6 is 23.2 Å². The monoisotopic (exact) mass is 630 g/mol. The normalized spacial score (nSPS) is 15.2. The van der Waals surface area contributed by atoms with Gasteiger partial charge in [-0.25, -0.2) is 10.4 Å². The molecule has 0 saturated carbocycles.